The van der Waals surface area contributed by atoms with Gasteiger partial charge < -0.3 is 79.1 Å². The number of methoxy groups -OCH3 is 2. The average molecular weight is 642 g/mol. The van der Waals surface area contributed by atoms with E-state index in [2.05, 4.69) is 4.74 Å². The van der Waals surface area contributed by atoms with Gasteiger partial charge in [-0.1, -0.05) is 0 Å². The molecule has 2 aromatic rings. The normalized spacial score (nSPS) is 34.7. The first-order chi connectivity index (χ1) is 21.3. The number of hydrogen-bond acceptors (Lipinski definition) is 15. The minimum atomic E-state index is -1.80. The van der Waals surface area contributed by atoms with E-state index < -0.39 is 74.1 Å². The van der Waals surface area contributed by atoms with Crippen molar-refractivity contribution < 1.29 is 79.1 Å². The summed E-state index contributed by atoms with van der Waals surface area (Å²) in [6.07, 6.45) is -14.9. The molecule has 11 atom stereocenters. The lowest BCUT2D eigenvalue weighted by molar-refractivity contribution is -0.325. The van der Waals surface area contributed by atoms with E-state index in [0.717, 1.165) is 6.07 Å². The molecule has 0 aliphatic carbocycles. The van der Waals surface area contributed by atoms with Gasteiger partial charge in [0.15, 0.2) is 23.5 Å². The molecule has 2 saturated heterocycles. The molecule has 10 N–H and O–H groups in total. The number of fused-ring (bicyclic) bond motifs is 1. The van der Waals surface area contributed by atoms with Crippen LogP contribution in [0.3, 0.4) is 0 Å². The van der Waals surface area contributed by atoms with Crippen LogP contribution in [0.15, 0.2) is 30.0 Å². The molecule has 0 aromatic heterocycles. The zero-order chi connectivity index (χ0) is 32.7. The highest BCUT2D eigenvalue weighted by Gasteiger charge is 2.48. The van der Waals surface area contributed by atoms with Gasteiger partial charge >= 0.3 is 0 Å². The molecule has 3 aliphatic rings. The van der Waals surface area contributed by atoms with Crippen molar-refractivity contribution in [3.63, 3.8) is 0 Å². The Bertz CT molecular complexity index is 1370. The number of benzene rings is 2. The second kappa shape index (κ2) is 13.0. The number of rotatable bonds is 8. The lowest BCUT2D eigenvalue weighted by Crippen LogP contribution is -2.61. The molecule has 16 heteroatoms. The van der Waals surface area contributed by atoms with Gasteiger partial charge in [-0.3, -0.25) is 0 Å². The number of aromatic hydroxyl groups is 4. The number of aliphatic hydroxyl groups excluding tert-OH is 6. The van der Waals surface area contributed by atoms with Crippen LogP contribution in [0.25, 0.3) is 6.08 Å². The number of aliphatic hydroxyl groups is 7. The first-order valence-corrected chi connectivity index (χ1v) is 13.9. The first-order valence-electron chi connectivity index (χ1n) is 13.9. The van der Waals surface area contributed by atoms with E-state index in [4.69, 9.17) is 28.4 Å². The van der Waals surface area contributed by atoms with Gasteiger partial charge in [0.25, 0.3) is 11.9 Å². The Hall–Kier alpha value is -3.58. The molecule has 2 aromatic carbocycles. The molecule has 2 fully saturated rings. The summed E-state index contributed by atoms with van der Waals surface area (Å²) in [5.41, 5.74) is 0.506. The molecular weight excluding hydrogens is 604 g/mol. The van der Waals surface area contributed by atoms with Crippen LogP contribution in [-0.2, 0) is 18.9 Å². The molecule has 16 nitrogen and oxygen atoms in total. The number of phenolic OH excluding ortho intramolecular Hbond substituents is 3. The Morgan fingerprint density at radius 1 is 0.756 bits per heavy atom. The smallest absolute Gasteiger partial charge is 0.270 e. The molecule has 45 heavy (non-hydrogen) atoms. The van der Waals surface area contributed by atoms with Crippen molar-refractivity contribution in [3.05, 3.63) is 41.2 Å². The van der Waals surface area contributed by atoms with Crippen molar-refractivity contribution in [2.75, 3.05) is 20.8 Å². The topological polar surface area (TPSA) is 250 Å². The summed E-state index contributed by atoms with van der Waals surface area (Å²) in [7, 11) is 2.66. The van der Waals surface area contributed by atoms with Crippen LogP contribution in [-0.4, -0.2) is 133 Å². The Kier molecular flexibility index (Phi) is 9.50. The van der Waals surface area contributed by atoms with Crippen LogP contribution in [0.5, 0.6) is 34.5 Å². The molecule has 0 saturated carbocycles. The summed E-state index contributed by atoms with van der Waals surface area (Å²) in [6.45, 7) is 0.951. The van der Waals surface area contributed by atoms with Crippen molar-refractivity contribution >= 4 is 6.08 Å². The Morgan fingerprint density at radius 2 is 1.38 bits per heavy atom. The molecule has 1 unspecified atom stereocenters. The summed E-state index contributed by atoms with van der Waals surface area (Å²) in [6, 6.07) is 5.30. The molecule has 0 bridgehead atoms. The van der Waals surface area contributed by atoms with Gasteiger partial charge in [0.1, 0.15) is 59.8 Å². The minimum absolute atomic E-state index is 0.0254. The van der Waals surface area contributed by atoms with Crippen LogP contribution in [0.1, 0.15) is 24.2 Å². The minimum Gasteiger partial charge on any atom is -0.571 e. The van der Waals surface area contributed by atoms with E-state index in [-0.39, 0.29) is 45.8 Å². The van der Waals surface area contributed by atoms with Crippen molar-refractivity contribution in [2.24, 2.45) is 0 Å². The van der Waals surface area contributed by atoms with Gasteiger partial charge in [0, 0.05) is 12.1 Å². The summed E-state index contributed by atoms with van der Waals surface area (Å²) < 4.78 is 37.9. The SMILES string of the molecule is COc1cc(C2[OH+]c3cc(O)cc(O)c3C=C2O[C@@H]2O[C@H](CO[C@@H]3O[C@@H](C)[C@H](O)[C@H](O)[C@H]3O)[C@@H](O)[C@H](O)[C@H]2O)cc(OC)c1O. The Morgan fingerprint density at radius 3 is 2.02 bits per heavy atom. The van der Waals surface area contributed by atoms with Gasteiger partial charge in [0.05, 0.1) is 38.6 Å². The molecular formula is C29H37O16+. The second-order valence-corrected chi connectivity index (χ2v) is 10.9. The fourth-order valence-corrected chi connectivity index (χ4v) is 5.32. The highest BCUT2D eigenvalue weighted by Crippen LogP contribution is 2.48. The van der Waals surface area contributed by atoms with Gasteiger partial charge in [-0.2, -0.15) is 0 Å². The van der Waals surface area contributed by atoms with Crippen molar-refractivity contribution in [3.8, 4) is 34.5 Å². The fourth-order valence-electron chi connectivity index (χ4n) is 5.32. The predicted molar refractivity (Wildman–Crippen MR) is 149 cm³/mol. The summed E-state index contributed by atoms with van der Waals surface area (Å²) in [5, 5.41) is 93.4. The van der Waals surface area contributed by atoms with Crippen LogP contribution in [0.2, 0.25) is 0 Å². The zero-order valence-electron chi connectivity index (χ0n) is 24.4. The van der Waals surface area contributed by atoms with E-state index in [9.17, 15) is 46.0 Å². The molecule has 0 amide bonds. The lowest BCUT2D eigenvalue weighted by Gasteiger charge is -2.42. The molecule has 0 radical (unpaired) electrons. The van der Waals surface area contributed by atoms with Gasteiger partial charge in [-0.15, -0.1) is 0 Å². The van der Waals surface area contributed by atoms with E-state index >= 15 is 0 Å². The molecule has 5 rings (SSSR count). The summed E-state index contributed by atoms with van der Waals surface area (Å²) in [4.78, 5) is 0. The summed E-state index contributed by atoms with van der Waals surface area (Å²) in [5.74, 6) is -0.663. The third-order valence-electron chi connectivity index (χ3n) is 7.92. The molecule has 0 spiro atoms. The van der Waals surface area contributed by atoms with Crippen molar-refractivity contribution in [2.45, 2.75) is 74.4 Å². The van der Waals surface area contributed by atoms with E-state index in [0.29, 0.717) is 5.56 Å². The van der Waals surface area contributed by atoms with Crippen LogP contribution in [0.4, 0.5) is 0 Å². The van der Waals surface area contributed by atoms with Crippen LogP contribution >= 0.6 is 0 Å². The monoisotopic (exact) mass is 641 g/mol. The maximum atomic E-state index is 10.8. The highest BCUT2D eigenvalue weighted by atomic mass is 16.7. The second-order valence-electron chi connectivity index (χ2n) is 10.9. The van der Waals surface area contributed by atoms with Gasteiger partial charge in [-0.05, 0) is 19.1 Å². The van der Waals surface area contributed by atoms with E-state index in [1.807, 2.05) is 0 Å². The largest absolute Gasteiger partial charge is 0.571 e. The van der Waals surface area contributed by atoms with Crippen LogP contribution < -0.4 is 9.47 Å². The standard InChI is InChI=1S/C29H36O16/c1-10-20(32)23(35)25(37)28(42-10)41-9-19-22(34)24(36)26(38)29(45-19)44-18-8-13-14(31)6-12(30)7-15(13)43-27(18)11-4-16(39-2)21(33)17(5-11)40-3/h4-8,10,19-20,22-38H,9H2,1-3H3/p+1/t10-,19+,20-,22+,23-,24-,25+,26+,27?,28+,29+/m0/s1. The first kappa shape index (κ1) is 32.8. The number of ether oxygens (including phenoxy) is 7. The number of phenols is 3. The maximum Gasteiger partial charge on any atom is 0.270 e. The molecule has 3 aliphatic heterocycles. The highest BCUT2D eigenvalue weighted by molar-refractivity contribution is 5.69. The quantitative estimate of drug-likeness (QED) is 0.154. The Labute approximate surface area is 256 Å². The number of hydrogen-bond donors (Lipinski definition) is 9. The lowest BCUT2D eigenvalue weighted by atomic mass is 9.98. The third-order valence-corrected chi connectivity index (χ3v) is 7.92. The molecule has 248 valence electrons. The van der Waals surface area contributed by atoms with E-state index in [1.165, 1.54) is 45.4 Å². The zero-order valence-corrected chi connectivity index (χ0v) is 24.4. The average Bonchev–Trinajstić information content (AvgIpc) is 3.01. The summed E-state index contributed by atoms with van der Waals surface area (Å²) >= 11 is 0. The van der Waals surface area contributed by atoms with Crippen molar-refractivity contribution in [1.82, 2.24) is 0 Å². The van der Waals surface area contributed by atoms with Gasteiger partial charge in [0.2, 0.25) is 12.0 Å². The maximum absolute atomic E-state index is 10.8. The predicted octanol–water partition coefficient (Wildman–Crippen LogP) is -1.17. The van der Waals surface area contributed by atoms with Gasteiger partial charge in [-0.25, -0.2) is 0 Å². The molecule has 3 heterocycles. The third kappa shape index (κ3) is 6.29. The fraction of sp³-hybridized carbons (Fsp3) is 0.517. The van der Waals surface area contributed by atoms with E-state index in [1.54, 1.807) is 0 Å². The van der Waals surface area contributed by atoms with Crippen LogP contribution in [0, 0.1) is 0 Å². The van der Waals surface area contributed by atoms with Crippen molar-refractivity contribution in [1.29, 1.82) is 0 Å². The Balaban J connectivity index is 1.43.